The van der Waals surface area contributed by atoms with Gasteiger partial charge >= 0.3 is 0 Å². The van der Waals surface area contributed by atoms with Crippen molar-refractivity contribution in [3.63, 3.8) is 0 Å². The van der Waals surface area contributed by atoms with E-state index in [1.807, 2.05) is 17.5 Å². The molecule has 0 saturated heterocycles. The molecule has 15 heavy (non-hydrogen) atoms. The lowest BCUT2D eigenvalue weighted by atomic mass is 10.2. The first-order valence-electron chi connectivity index (χ1n) is 4.50. The van der Waals surface area contributed by atoms with E-state index >= 15 is 0 Å². The second-order valence-electron chi connectivity index (χ2n) is 3.41. The van der Waals surface area contributed by atoms with Gasteiger partial charge in [0.1, 0.15) is 0 Å². The summed E-state index contributed by atoms with van der Waals surface area (Å²) in [5, 5.41) is 1.98. The maximum Gasteiger partial charge on any atom is 0.232 e. The minimum Gasteiger partial charge on any atom is -0.376 e. The van der Waals surface area contributed by atoms with Crippen LogP contribution in [0.1, 0.15) is 11.8 Å². The molecule has 0 fully saturated rings. The van der Waals surface area contributed by atoms with Gasteiger partial charge in [0.15, 0.2) is 0 Å². The number of thiophene rings is 1. The summed E-state index contributed by atoms with van der Waals surface area (Å²) in [6, 6.07) is 3.93. The Morgan fingerprint density at radius 1 is 1.60 bits per heavy atom. The summed E-state index contributed by atoms with van der Waals surface area (Å²) in [7, 11) is 1.71. The minimum absolute atomic E-state index is 0.0427. The van der Waals surface area contributed by atoms with Crippen LogP contribution in [0.15, 0.2) is 17.5 Å². The van der Waals surface area contributed by atoms with Crippen LogP contribution in [-0.2, 0) is 20.4 Å². The van der Waals surface area contributed by atoms with Gasteiger partial charge in [-0.15, -0.1) is 11.3 Å². The molecule has 86 valence electrons. The summed E-state index contributed by atoms with van der Waals surface area (Å²) in [4.78, 5) is 1.14. The number of rotatable bonds is 6. The van der Waals surface area contributed by atoms with Gasteiger partial charge in [-0.3, -0.25) is 0 Å². The fourth-order valence-corrected chi connectivity index (χ4v) is 3.20. The van der Waals surface area contributed by atoms with E-state index < -0.39 is 9.05 Å². The summed E-state index contributed by atoms with van der Waals surface area (Å²) in [5.74, 6) is -0.119. The Bertz CT molecular complexity index is 372. The van der Waals surface area contributed by atoms with Gasteiger partial charge in [-0.25, -0.2) is 8.42 Å². The smallest absolute Gasteiger partial charge is 0.232 e. The highest BCUT2D eigenvalue weighted by Crippen LogP contribution is 2.11. The number of hydrogen-bond donors (Lipinski definition) is 0. The van der Waals surface area contributed by atoms with Crippen LogP contribution in [-0.4, -0.2) is 20.8 Å². The molecule has 6 heteroatoms. The third-order valence-corrected chi connectivity index (χ3v) is 3.91. The first-order valence-corrected chi connectivity index (χ1v) is 7.85. The van der Waals surface area contributed by atoms with Crippen LogP contribution in [0.4, 0.5) is 0 Å². The highest BCUT2D eigenvalue weighted by molar-refractivity contribution is 8.13. The van der Waals surface area contributed by atoms with Crippen molar-refractivity contribution < 1.29 is 13.2 Å². The molecule has 0 saturated carbocycles. The predicted molar refractivity (Wildman–Crippen MR) is 62.8 cm³/mol. The van der Waals surface area contributed by atoms with Gasteiger partial charge in [0.2, 0.25) is 9.05 Å². The number of hydrogen-bond acceptors (Lipinski definition) is 4. The summed E-state index contributed by atoms with van der Waals surface area (Å²) in [6.07, 6.45) is 0. The normalized spacial score (nSPS) is 14.0. The SMILES string of the molecule is CC(COCc1cccs1)CS(=O)(=O)Cl. The van der Waals surface area contributed by atoms with Crippen LogP contribution in [0.2, 0.25) is 0 Å². The molecule has 0 amide bonds. The van der Waals surface area contributed by atoms with E-state index in [1.165, 1.54) is 0 Å². The molecule has 3 nitrogen and oxygen atoms in total. The Kier molecular flexibility index (Phi) is 5.05. The molecule has 0 aliphatic rings. The van der Waals surface area contributed by atoms with Crippen LogP contribution < -0.4 is 0 Å². The van der Waals surface area contributed by atoms with E-state index in [1.54, 1.807) is 18.3 Å². The van der Waals surface area contributed by atoms with Gasteiger partial charge in [-0.1, -0.05) is 13.0 Å². The Morgan fingerprint density at radius 2 is 2.33 bits per heavy atom. The zero-order valence-electron chi connectivity index (χ0n) is 8.35. The molecule has 1 aromatic heterocycles. The molecule has 1 heterocycles. The lowest BCUT2D eigenvalue weighted by Gasteiger charge is -2.09. The zero-order valence-corrected chi connectivity index (χ0v) is 10.7. The van der Waals surface area contributed by atoms with Gasteiger partial charge in [-0.2, -0.15) is 0 Å². The van der Waals surface area contributed by atoms with E-state index in [-0.39, 0.29) is 11.7 Å². The third kappa shape index (κ3) is 6.14. The van der Waals surface area contributed by atoms with Crippen molar-refractivity contribution in [2.45, 2.75) is 13.5 Å². The van der Waals surface area contributed by atoms with Crippen molar-refractivity contribution in [1.82, 2.24) is 0 Å². The van der Waals surface area contributed by atoms with Crippen LogP contribution in [0.5, 0.6) is 0 Å². The Hall–Kier alpha value is -0.100. The molecule has 1 rings (SSSR count). The van der Waals surface area contributed by atoms with Crippen molar-refractivity contribution in [2.24, 2.45) is 5.92 Å². The van der Waals surface area contributed by atoms with Gasteiger partial charge < -0.3 is 4.74 Å². The van der Waals surface area contributed by atoms with Crippen molar-refractivity contribution in [2.75, 3.05) is 12.4 Å². The number of halogens is 1. The van der Waals surface area contributed by atoms with E-state index in [9.17, 15) is 8.42 Å². The van der Waals surface area contributed by atoms with Crippen molar-refractivity contribution in [3.8, 4) is 0 Å². The van der Waals surface area contributed by atoms with Crippen molar-refractivity contribution in [1.29, 1.82) is 0 Å². The third-order valence-electron chi connectivity index (χ3n) is 1.71. The summed E-state index contributed by atoms with van der Waals surface area (Å²) in [6.45, 7) is 2.74. The minimum atomic E-state index is -3.41. The second-order valence-corrected chi connectivity index (χ2v) is 7.26. The number of ether oxygens (including phenoxy) is 1. The maximum absolute atomic E-state index is 10.7. The van der Waals surface area contributed by atoms with E-state index in [0.29, 0.717) is 13.2 Å². The largest absolute Gasteiger partial charge is 0.376 e. The molecule has 0 spiro atoms. The highest BCUT2D eigenvalue weighted by atomic mass is 35.7. The monoisotopic (exact) mass is 268 g/mol. The summed E-state index contributed by atoms with van der Waals surface area (Å²) in [5.41, 5.74) is 0. The van der Waals surface area contributed by atoms with Gasteiger partial charge in [0, 0.05) is 15.6 Å². The highest BCUT2D eigenvalue weighted by Gasteiger charge is 2.12. The lowest BCUT2D eigenvalue weighted by molar-refractivity contribution is 0.0997. The first-order chi connectivity index (χ1) is 6.97. The average Bonchev–Trinajstić information content (AvgIpc) is 2.53. The Labute approximate surface area is 98.4 Å². The molecule has 0 aromatic carbocycles. The average molecular weight is 269 g/mol. The standard InChI is InChI=1S/C9H13ClO3S2/c1-8(7-15(10,11)12)5-13-6-9-3-2-4-14-9/h2-4,8H,5-7H2,1H3. The van der Waals surface area contributed by atoms with Crippen molar-refractivity contribution in [3.05, 3.63) is 22.4 Å². The Balaban J connectivity index is 2.20. The topological polar surface area (TPSA) is 43.4 Å². The molecule has 0 N–H and O–H groups in total. The molecule has 0 aliphatic carbocycles. The van der Waals surface area contributed by atoms with Crippen LogP contribution in [0.3, 0.4) is 0 Å². The van der Waals surface area contributed by atoms with Crippen LogP contribution in [0, 0.1) is 5.92 Å². The van der Waals surface area contributed by atoms with Crippen molar-refractivity contribution >= 4 is 31.1 Å². The zero-order chi connectivity index (χ0) is 11.3. The molecule has 0 bridgehead atoms. The van der Waals surface area contributed by atoms with Gasteiger partial charge in [-0.05, 0) is 17.4 Å². The molecule has 1 atom stereocenters. The molecular weight excluding hydrogens is 256 g/mol. The van der Waals surface area contributed by atoms with E-state index in [0.717, 1.165) is 4.88 Å². The van der Waals surface area contributed by atoms with Gasteiger partial charge in [0.05, 0.1) is 19.0 Å². The molecule has 0 radical (unpaired) electrons. The second kappa shape index (κ2) is 5.84. The fourth-order valence-electron chi connectivity index (χ4n) is 1.14. The molecular formula is C9H13ClO3S2. The van der Waals surface area contributed by atoms with E-state index in [4.69, 9.17) is 15.4 Å². The quantitative estimate of drug-likeness (QED) is 0.745. The molecule has 1 unspecified atom stereocenters. The van der Waals surface area contributed by atoms with E-state index in [2.05, 4.69) is 0 Å². The fraction of sp³-hybridized carbons (Fsp3) is 0.556. The van der Waals surface area contributed by atoms with Crippen LogP contribution >= 0.6 is 22.0 Å². The maximum atomic E-state index is 10.7. The van der Waals surface area contributed by atoms with Crippen LogP contribution in [0.25, 0.3) is 0 Å². The van der Waals surface area contributed by atoms with Gasteiger partial charge in [0.25, 0.3) is 0 Å². The molecule has 0 aliphatic heterocycles. The summed E-state index contributed by atoms with van der Waals surface area (Å²) < 4.78 is 26.9. The Morgan fingerprint density at radius 3 is 2.87 bits per heavy atom. The predicted octanol–water partition coefficient (Wildman–Crippen LogP) is 2.47. The molecule has 1 aromatic rings. The lowest BCUT2D eigenvalue weighted by Crippen LogP contribution is -2.14. The summed E-state index contributed by atoms with van der Waals surface area (Å²) >= 11 is 1.62. The first kappa shape index (κ1) is 13.0.